The first-order chi connectivity index (χ1) is 19.1. The summed E-state index contributed by atoms with van der Waals surface area (Å²) in [5, 5.41) is 0. The molecule has 0 aliphatic heterocycles. The molecule has 196 valence electrons. The number of aliphatic imine (C=N–C) groups is 2. The third kappa shape index (κ3) is 8.04. The van der Waals surface area contributed by atoms with Crippen LogP contribution in [-0.4, -0.2) is 42.2 Å². The molecule has 1 atom stereocenters. The van der Waals surface area contributed by atoms with Crippen LogP contribution >= 0.6 is 0 Å². The van der Waals surface area contributed by atoms with Crippen LogP contribution in [0.15, 0.2) is 119 Å². The molecule has 0 saturated carbocycles. The first-order valence-corrected chi connectivity index (χ1v) is 12.6. The molecule has 39 heavy (non-hydrogen) atoms. The summed E-state index contributed by atoms with van der Waals surface area (Å²) in [6.45, 7) is 0. The fourth-order valence-electron chi connectivity index (χ4n) is 3.92. The van der Waals surface area contributed by atoms with Crippen molar-refractivity contribution >= 4 is 35.2 Å². The number of nitrogens with zero attached hydrogens (tertiary/aromatic N) is 3. The van der Waals surface area contributed by atoms with Gasteiger partial charge in [-0.25, -0.2) is 9.98 Å². The number of amides is 1. The van der Waals surface area contributed by atoms with Crippen molar-refractivity contribution in [3.63, 3.8) is 0 Å². The van der Waals surface area contributed by atoms with Gasteiger partial charge in [0.25, 0.3) is 5.91 Å². The van der Waals surface area contributed by atoms with E-state index in [2.05, 4.69) is 21.0 Å². The molecule has 7 heteroatoms. The van der Waals surface area contributed by atoms with E-state index in [1.807, 2.05) is 66.9 Å². The van der Waals surface area contributed by atoms with Crippen LogP contribution in [0.1, 0.15) is 40.7 Å². The van der Waals surface area contributed by atoms with Crippen molar-refractivity contribution in [3.8, 4) is 0 Å². The van der Waals surface area contributed by atoms with Gasteiger partial charge in [-0.1, -0.05) is 54.6 Å². The van der Waals surface area contributed by atoms with E-state index < -0.39 is 6.10 Å². The maximum atomic E-state index is 12.5. The fourth-order valence-corrected chi connectivity index (χ4v) is 3.92. The van der Waals surface area contributed by atoms with Gasteiger partial charge in [0.05, 0.1) is 18.5 Å². The number of carbonyl (C=O) groups is 2. The molecule has 1 aliphatic rings. The third-order valence-electron chi connectivity index (χ3n) is 5.91. The zero-order chi connectivity index (χ0) is 27.3. The van der Waals surface area contributed by atoms with Crippen LogP contribution in [0.4, 0.5) is 5.69 Å². The van der Waals surface area contributed by atoms with E-state index in [1.165, 1.54) is 13.5 Å². The molecular formula is C32H29N3O4. The SMILES string of the molecule is COC(=O)CCC/C=C(/c1cccnc1)c1cccc(N=COC2C=CC=CC2=NC(=O)c2ccccc2)c1. The molecule has 1 amide bonds. The van der Waals surface area contributed by atoms with E-state index in [0.29, 0.717) is 36.2 Å². The zero-order valence-electron chi connectivity index (χ0n) is 21.6. The van der Waals surface area contributed by atoms with Crippen molar-refractivity contribution < 1.29 is 19.1 Å². The summed E-state index contributed by atoms with van der Waals surface area (Å²) in [6.07, 6.45) is 15.5. The number of aromatic nitrogens is 1. The highest BCUT2D eigenvalue weighted by molar-refractivity contribution is 6.11. The van der Waals surface area contributed by atoms with E-state index >= 15 is 0 Å². The molecule has 7 nitrogen and oxygen atoms in total. The van der Waals surface area contributed by atoms with Crippen LogP contribution in [0.2, 0.25) is 0 Å². The molecule has 1 aromatic heterocycles. The lowest BCUT2D eigenvalue weighted by Crippen LogP contribution is -2.22. The normalized spacial score (nSPS) is 16.0. The van der Waals surface area contributed by atoms with E-state index in [9.17, 15) is 9.59 Å². The summed E-state index contributed by atoms with van der Waals surface area (Å²) in [5.74, 6) is -0.548. The Balaban J connectivity index is 1.48. The van der Waals surface area contributed by atoms with Crippen molar-refractivity contribution in [1.29, 1.82) is 0 Å². The Kier molecular flexibility index (Phi) is 9.84. The van der Waals surface area contributed by atoms with Gasteiger partial charge < -0.3 is 9.47 Å². The molecule has 0 N–H and O–H groups in total. The van der Waals surface area contributed by atoms with Crippen LogP contribution in [-0.2, 0) is 14.3 Å². The quantitative estimate of drug-likeness (QED) is 0.136. The molecule has 0 fully saturated rings. The second-order valence-corrected chi connectivity index (χ2v) is 8.62. The summed E-state index contributed by atoms with van der Waals surface area (Å²) in [7, 11) is 1.40. The molecule has 0 bridgehead atoms. The lowest BCUT2D eigenvalue weighted by Gasteiger charge is -2.14. The van der Waals surface area contributed by atoms with Gasteiger partial charge in [-0.3, -0.25) is 14.6 Å². The van der Waals surface area contributed by atoms with E-state index in [1.54, 1.807) is 36.5 Å². The molecule has 1 aliphatic carbocycles. The number of esters is 1. The van der Waals surface area contributed by atoms with Crippen molar-refractivity contribution in [2.75, 3.05) is 7.11 Å². The maximum absolute atomic E-state index is 12.5. The summed E-state index contributed by atoms with van der Waals surface area (Å²) >= 11 is 0. The van der Waals surface area contributed by atoms with Crippen LogP contribution in [0.3, 0.4) is 0 Å². The number of benzene rings is 2. The van der Waals surface area contributed by atoms with Gasteiger partial charge in [0.2, 0.25) is 0 Å². The van der Waals surface area contributed by atoms with Crippen molar-refractivity contribution in [3.05, 3.63) is 126 Å². The number of hydrogen-bond donors (Lipinski definition) is 0. The van der Waals surface area contributed by atoms with E-state index in [-0.39, 0.29) is 11.9 Å². The zero-order valence-corrected chi connectivity index (χ0v) is 21.6. The van der Waals surface area contributed by atoms with Crippen molar-refractivity contribution in [2.45, 2.75) is 25.4 Å². The monoisotopic (exact) mass is 519 g/mol. The number of rotatable bonds is 10. The molecular weight excluding hydrogens is 490 g/mol. The van der Waals surface area contributed by atoms with E-state index in [4.69, 9.17) is 9.47 Å². The third-order valence-corrected chi connectivity index (χ3v) is 5.91. The topological polar surface area (TPSA) is 90.2 Å². The predicted molar refractivity (Wildman–Crippen MR) is 153 cm³/mol. The summed E-state index contributed by atoms with van der Waals surface area (Å²) in [4.78, 5) is 37.0. The van der Waals surface area contributed by atoms with Crippen LogP contribution in [0.25, 0.3) is 5.57 Å². The highest BCUT2D eigenvalue weighted by Crippen LogP contribution is 2.27. The standard InChI is InChI=1S/C32H29N3O4/c1-38-31(36)19-8-5-16-28(26-14-10-20-33-22-26)25-13-9-15-27(21-25)34-23-39-30-18-7-6-17-29(30)35-32(37)24-11-3-2-4-12-24/h2-4,6-7,9-18,20-23,30H,5,8,19H2,1H3/b28-16+,34-23?,35-29?. The molecule has 0 radical (unpaired) electrons. The molecule has 3 aromatic rings. The highest BCUT2D eigenvalue weighted by atomic mass is 16.5. The van der Waals surface area contributed by atoms with Crippen LogP contribution in [0.5, 0.6) is 0 Å². The van der Waals surface area contributed by atoms with Gasteiger partial charge in [0.1, 0.15) is 0 Å². The second-order valence-electron chi connectivity index (χ2n) is 8.62. The molecule has 2 aromatic carbocycles. The first kappa shape index (κ1) is 27.1. The summed E-state index contributed by atoms with van der Waals surface area (Å²) < 4.78 is 10.6. The van der Waals surface area contributed by atoms with Gasteiger partial charge in [0, 0.05) is 29.9 Å². The number of carbonyl (C=O) groups excluding carboxylic acids is 2. The lowest BCUT2D eigenvalue weighted by atomic mass is 9.97. The van der Waals surface area contributed by atoms with Crippen molar-refractivity contribution in [2.24, 2.45) is 9.98 Å². The number of pyridine rings is 1. The highest BCUT2D eigenvalue weighted by Gasteiger charge is 2.16. The average Bonchev–Trinajstić information content (AvgIpc) is 2.99. The minimum Gasteiger partial charge on any atom is -0.469 e. The molecule has 0 saturated heterocycles. The number of unbranched alkanes of at least 4 members (excludes halogenated alkanes) is 1. The van der Waals surface area contributed by atoms with Crippen LogP contribution < -0.4 is 0 Å². The number of ether oxygens (including phenoxy) is 2. The molecule has 0 spiro atoms. The number of hydrogen-bond acceptors (Lipinski definition) is 6. The fraction of sp³-hybridized carbons (Fsp3) is 0.156. The van der Waals surface area contributed by atoms with Gasteiger partial charge in [-0.2, -0.15) is 0 Å². The van der Waals surface area contributed by atoms with Crippen molar-refractivity contribution in [1.82, 2.24) is 4.98 Å². The second kappa shape index (κ2) is 14.1. The van der Waals surface area contributed by atoms with Crippen LogP contribution in [0, 0.1) is 0 Å². The first-order valence-electron chi connectivity index (χ1n) is 12.6. The summed E-state index contributed by atoms with van der Waals surface area (Å²) in [6, 6.07) is 20.6. The Bertz CT molecular complexity index is 1420. The Morgan fingerprint density at radius 3 is 2.59 bits per heavy atom. The Morgan fingerprint density at radius 2 is 1.79 bits per heavy atom. The van der Waals surface area contributed by atoms with Gasteiger partial charge >= 0.3 is 5.97 Å². The molecule has 1 unspecified atom stereocenters. The molecule has 1 heterocycles. The van der Waals surface area contributed by atoms with Gasteiger partial charge in [0.15, 0.2) is 12.5 Å². The Morgan fingerprint density at radius 1 is 0.974 bits per heavy atom. The summed E-state index contributed by atoms with van der Waals surface area (Å²) in [5.41, 5.74) is 4.65. The minimum atomic E-state index is -0.532. The van der Waals surface area contributed by atoms with E-state index in [0.717, 1.165) is 16.7 Å². The largest absolute Gasteiger partial charge is 0.469 e. The number of methoxy groups -OCH3 is 1. The lowest BCUT2D eigenvalue weighted by molar-refractivity contribution is -0.140. The smallest absolute Gasteiger partial charge is 0.305 e. The molecule has 4 rings (SSSR count). The Hall–Kier alpha value is -4.91. The number of allylic oxidation sites excluding steroid dienone is 3. The Labute approximate surface area is 228 Å². The van der Waals surface area contributed by atoms with Gasteiger partial charge in [-0.15, -0.1) is 0 Å². The maximum Gasteiger partial charge on any atom is 0.305 e. The average molecular weight is 520 g/mol. The predicted octanol–water partition coefficient (Wildman–Crippen LogP) is 6.31. The minimum absolute atomic E-state index is 0.219. The van der Waals surface area contributed by atoms with Gasteiger partial charge in [-0.05, 0) is 66.5 Å².